The van der Waals surface area contributed by atoms with Crippen LogP contribution in [0.2, 0.25) is 0 Å². The van der Waals surface area contributed by atoms with E-state index in [1.807, 2.05) is 18.3 Å². The molecule has 3 aliphatic rings. The number of aliphatic imine (C=N–C) groups is 1. The van der Waals surface area contributed by atoms with Gasteiger partial charge in [0.15, 0.2) is 11.6 Å². The molecule has 2 amide bonds. The van der Waals surface area contributed by atoms with E-state index in [4.69, 9.17) is 21.8 Å². The van der Waals surface area contributed by atoms with Crippen LogP contribution < -0.4 is 15.1 Å². The lowest BCUT2D eigenvalue weighted by Gasteiger charge is -2.26. The molecular weight excluding hydrogens is 518 g/mol. The Kier molecular flexibility index (Phi) is 8.27. The lowest BCUT2D eigenvalue weighted by molar-refractivity contribution is -0.132. The van der Waals surface area contributed by atoms with Crippen molar-refractivity contribution in [2.75, 3.05) is 49.1 Å². The van der Waals surface area contributed by atoms with Crippen LogP contribution in [0.3, 0.4) is 0 Å². The van der Waals surface area contributed by atoms with E-state index in [9.17, 15) is 18.4 Å². The minimum atomic E-state index is -3.21. The zero-order valence-corrected chi connectivity index (χ0v) is 20.6. The fraction of sp³-hybridized carbons (Fsp3) is 0.478. The maximum Gasteiger partial charge on any atom is 0.414 e. The normalized spacial score (nSPS) is 22.2. The van der Waals surface area contributed by atoms with Crippen LogP contribution in [0.1, 0.15) is 13.3 Å². The van der Waals surface area contributed by atoms with Crippen molar-refractivity contribution in [2.45, 2.75) is 31.9 Å². The molecule has 0 bridgehead atoms. The molecule has 1 aromatic rings. The van der Waals surface area contributed by atoms with Crippen molar-refractivity contribution in [3.8, 4) is 0 Å². The van der Waals surface area contributed by atoms with Crippen LogP contribution in [-0.2, 0) is 14.4 Å². The number of hydrogen-bond acceptors (Lipinski definition) is 7. The van der Waals surface area contributed by atoms with Gasteiger partial charge in [0, 0.05) is 31.4 Å². The molecule has 0 radical (unpaired) electrons. The molecule has 3 aliphatic heterocycles. The van der Waals surface area contributed by atoms with Gasteiger partial charge in [-0.15, -0.1) is 0 Å². The molecule has 1 N–H and O–H groups in total. The summed E-state index contributed by atoms with van der Waals surface area (Å²) >= 11 is 5.55. The fourth-order valence-electron chi connectivity index (χ4n) is 4.21. The second-order valence-corrected chi connectivity index (χ2v) is 9.08. The van der Waals surface area contributed by atoms with Gasteiger partial charge in [0.05, 0.1) is 38.0 Å². The van der Waals surface area contributed by atoms with Crippen molar-refractivity contribution in [2.24, 2.45) is 4.99 Å². The first-order chi connectivity index (χ1) is 17.6. The summed E-state index contributed by atoms with van der Waals surface area (Å²) in [5.74, 6) is -3.29. The summed E-state index contributed by atoms with van der Waals surface area (Å²) in [7, 11) is 0. The van der Waals surface area contributed by atoms with E-state index in [0.29, 0.717) is 11.4 Å². The highest BCUT2D eigenvalue weighted by Crippen LogP contribution is 2.31. The Morgan fingerprint density at radius 3 is 2.65 bits per heavy atom. The van der Waals surface area contributed by atoms with Gasteiger partial charge in [0.1, 0.15) is 16.8 Å². The molecule has 0 aromatic heterocycles. The summed E-state index contributed by atoms with van der Waals surface area (Å²) in [6, 6.07) is 2.10. The largest absolute Gasteiger partial charge is 0.442 e. The number of allylic oxidation sites excluding steroid dienone is 1. The number of halogens is 4. The lowest BCUT2D eigenvalue weighted by atomic mass is 10.1. The first-order valence-electron chi connectivity index (χ1n) is 11.6. The molecule has 1 unspecified atom stereocenters. The monoisotopic (exact) mass is 543 g/mol. The smallest absolute Gasteiger partial charge is 0.414 e. The van der Waals surface area contributed by atoms with Crippen molar-refractivity contribution in [1.29, 1.82) is 0 Å². The standard InChI is InChI=1S/C23H25F4N5O4S/c1-13-8-14(2-3-28-13)22(37)32-5-4-30(6-7-35-32)19-17(24)9-15(10-18(19)25)31-12-16(36-23(31)34)11-29-21(33)20(26)27/h2-3,9-10,13,16,20H,4-8,11-12H2,1H3,(H,29,33)/t13?,16-/m0/s1. The number of carbonyl (C=O) groups is 2. The van der Waals surface area contributed by atoms with Gasteiger partial charge in [-0.1, -0.05) is 12.2 Å². The molecule has 0 spiro atoms. The molecule has 9 nitrogen and oxygen atoms in total. The van der Waals surface area contributed by atoms with E-state index in [-0.39, 0.29) is 56.7 Å². The Morgan fingerprint density at radius 1 is 1.24 bits per heavy atom. The van der Waals surface area contributed by atoms with Crippen LogP contribution in [0, 0.1) is 11.6 Å². The summed E-state index contributed by atoms with van der Waals surface area (Å²) in [4.78, 5) is 36.2. The van der Waals surface area contributed by atoms with Crippen molar-refractivity contribution >= 4 is 46.8 Å². The van der Waals surface area contributed by atoms with Crippen molar-refractivity contribution < 1.29 is 36.7 Å². The van der Waals surface area contributed by atoms with E-state index in [0.717, 1.165) is 22.6 Å². The lowest BCUT2D eigenvalue weighted by Crippen LogP contribution is -2.37. The zero-order chi connectivity index (χ0) is 26.7. The number of anilines is 2. The quantitative estimate of drug-likeness (QED) is 0.436. The summed E-state index contributed by atoms with van der Waals surface area (Å²) < 4.78 is 60.0. The third-order valence-corrected chi connectivity index (χ3v) is 6.49. The number of carbonyl (C=O) groups excluding carboxylic acids is 2. The minimum Gasteiger partial charge on any atom is -0.442 e. The zero-order valence-electron chi connectivity index (χ0n) is 19.8. The van der Waals surface area contributed by atoms with E-state index >= 15 is 8.78 Å². The number of nitrogens with zero attached hydrogens (tertiary/aromatic N) is 4. The van der Waals surface area contributed by atoms with Gasteiger partial charge in [-0.3, -0.25) is 19.5 Å². The number of hydrogen-bond donors (Lipinski definition) is 1. The summed E-state index contributed by atoms with van der Waals surface area (Å²) in [5.41, 5.74) is 0.531. The number of nitrogens with one attached hydrogen (secondary N) is 1. The molecule has 1 aromatic carbocycles. The number of ether oxygens (including phenoxy) is 1. The van der Waals surface area contributed by atoms with E-state index in [1.165, 1.54) is 4.90 Å². The van der Waals surface area contributed by atoms with E-state index < -0.39 is 36.2 Å². The van der Waals surface area contributed by atoms with E-state index in [1.54, 1.807) is 11.3 Å². The molecule has 14 heteroatoms. The topological polar surface area (TPSA) is 86.7 Å². The second kappa shape index (κ2) is 11.4. The van der Waals surface area contributed by atoms with Crippen LogP contribution in [-0.4, -0.2) is 86.2 Å². The van der Waals surface area contributed by atoms with Crippen molar-refractivity contribution in [3.63, 3.8) is 0 Å². The number of rotatable bonds is 6. The summed E-state index contributed by atoms with van der Waals surface area (Å²) in [5, 5.41) is 3.50. The molecule has 37 heavy (non-hydrogen) atoms. The van der Waals surface area contributed by atoms with Crippen LogP contribution in [0.15, 0.2) is 28.8 Å². The highest BCUT2D eigenvalue weighted by Gasteiger charge is 2.34. The van der Waals surface area contributed by atoms with Crippen molar-refractivity contribution in [1.82, 2.24) is 10.4 Å². The molecule has 2 fully saturated rings. The Balaban J connectivity index is 1.41. The summed E-state index contributed by atoms with van der Waals surface area (Å²) in [6.07, 6.45) is -0.878. The Morgan fingerprint density at radius 2 is 1.97 bits per heavy atom. The minimum absolute atomic E-state index is 0.0969. The SMILES string of the molecule is CC1CC(C(=S)N2CCN(c3c(F)cc(N4C[C@H](CNC(=O)C(F)F)OC4=O)cc3F)CCO2)=CC=N1. The van der Waals surface area contributed by atoms with Crippen LogP contribution in [0.25, 0.3) is 0 Å². The highest BCUT2D eigenvalue weighted by molar-refractivity contribution is 7.80. The van der Waals surface area contributed by atoms with Crippen LogP contribution in [0.4, 0.5) is 33.7 Å². The molecule has 200 valence electrons. The number of alkyl halides is 2. The van der Waals surface area contributed by atoms with Gasteiger partial charge in [-0.2, -0.15) is 8.78 Å². The molecule has 2 atom stereocenters. The first-order valence-corrected chi connectivity index (χ1v) is 12.0. The number of hydroxylamine groups is 2. The number of dihydropyridines is 1. The highest BCUT2D eigenvalue weighted by atomic mass is 32.1. The predicted octanol–water partition coefficient (Wildman–Crippen LogP) is 2.84. The average Bonchev–Trinajstić information content (AvgIpc) is 3.06. The van der Waals surface area contributed by atoms with Gasteiger partial charge in [-0.25, -0.2) is 18.6 Å². The Bertz CT molecular complexity index is 1110. The maximum absolute atomic E-state index is 15.1. The van der Waals surface area contributed by atoms with Crippen LogP contribution in [0.5, 0.6) is 0 Å². The second-order valence-electron chi connectivity index (χ2n) is 8.69. The van der Waals surface area contributed by atoms with Crippen LogP contribution >= 0.6 is 12.2 Å². The third kappa shape index (κ3) is 6.18. The molecule has 3 heterocycles. The number of amides is 2. The predicted molar refractivity (Wildman–Crippen MR) is 131 cm³/mol. The average molecular weight is 544 g/mol. The molecule has 0 aliphatic carbocycles. The number of cyclic esters (lactones) is 1. The van der Waals surface area contributed by atoms with Gasteiger partial charge in [0.2, 0.25) is 0 Å². The van der Waals surface area contributed by atoms with E-state index in [2.05, 4.69) is 4.99 Å². The Hall–Kier alpha value is -3.26. The third-order valence-electron chi connectivity index (χ3n) is 6.02. The van der Waals surface area contributed by atoms with Gasteiger partial charge < -0.3 is 15.0 Å². The molecular formula is C23H25F4N5O4S. The van der Waals surface area contributed by atoms with Gasteiger partial charge in [-0.05, 0) is 25.0 Å². The number of thiocarbonyl (C=S) groups is 1. The summed E-state index contributed by atoms with van der Waals surface area (Å²) in [6.45, 7) is 2.27. The van der Waals surface area contributed by atoms with Crippen molar-refractivity contribution in [3.05, 3.63) is 35.4 Å². The molecule has 0 saturated carbocycles. The maximum atomic E-state index is 15.1. The van der Waals surface area contributed by atoms with Gasteiger partial charge in [0.25, 0.3) is 5.91 Å². The van der Waals surface area contributed by atoms with Gasteiger partial charge >= 0.3 is 12.5 Å². The Labute approximate surface area is 215 Å². The number of benzene rings is 1. The fourth-order valence-corrected chi connectivity index (χ4v) is 4.51. The first kappa shape index (κ1) is 26.8. The molecule has 2 saturated heterocycles. The molecule has 4 rings (SSSR count).